The molecule has 0 aromatic heterocycles. The Labute approximate surface area is 146 Å². The van der Waals surface area contributed by atoms with Crippen LogP contribution in [0.4, 0.5) is 0 Å². The molecule has 2 fully saturated rings. The third kappa shape index (κ3) is 2.17. The topological polar surface area (TPSA) is 40.5 Å². The molecule has 1 unspecified atom stereocenters. The third-order valence-corrected chi connectivity index (χ3v) is 16.1. The van der Waals surface area contributed by atoms with E-state index in [1.807, 2.05) is 12.1 Å². The van der Waals surface area contributed by atoms with Gasteiger partial charge in [-0.15, -0.1) is 0 Å². The Morgan fingerprint density at radius 3 is 2.91 bits per heavy atom. The molecule has 4 rings (SSSR count). The van der Waals surface area contributed by atoms with E-state index in [2.05, 4.69) is 18.9 Å². The third-order valence-electron chi connectivity index (χ3n) is 6.45. The van der Waals surface area contributed by atoms with Crippen LogP contribution < -0.4 is 0 Å². The van der Waals surface area contributed by atoms with Crippen LogP contribution in [0.25, 0.3) is 0 Å². The summed E-state index contributed by atoms with van der Waals surface area (Å²) < 4.78 is 1.99. The van der Waals surface area contributed by atoms with Gasteiger partial charge in [0.25, 0.3) is 0 Å². The Kier molecular flexibility index (Phi) is 3.70. The van der Waals surface area contributed by atoms with Gasteiger partial charge in [0.15, 0.2) is 0 Å². The van der Waals surface area contributed by atoms with E-state index in [1.54, 1.807) is 0 Å². The quantitative estimate of drug-likeness (QED) is 0.376. The van der Waals surface area contributed by atoms with Crippen molar-refractivity contribution < 1.29 is 10.2 Å². The van der Waals surface area contributed by atoms with E-state index >= 15 is 0 Å². The van der Waals surface area contributed by atoms with E-state index in [0.29, 0.717) is 11.7 Å². The summed E-state index contributed by atoms with van der Waals surface area (Å²) >= 11 is -1.37. The summed E-state index contributed by atoms with van der Waals surface area (Å²) in [6, 6.07) is 5.97. The summed E-state index contributed by atoms with van der Waals surface area (Å²) in [7, 11) is 0. The van der Waals surface area contributed by atoms with E-state index in [4.69, 9.17) is 6.42 Å². The van der Waals surface area contributed by atoms with Crippen LogP contribution >= 0.6 is 19.8 Å². The van der Waals surface area contributed by atoms with Crippen LogP contribution in [-0.4, -0.2) is 27.6 Å². The fraction of sp³-hybridized carbons (Fsp3) is 0.600. The number of benzene rings is 1. The molecule has 0 saturated carbocycles. The van der Waals surface area contributed by atoms with Gasteiger partial charge in [-0.25, -0.2) is 0 Å². The van der Waals surface area contributed by atoms with Gasteiger partial charge in [0, 0.05) is 0 Å². The first-order chi connectivity index (χ1) is 11.0. The Morgan fingerprint density at radius 2 is 2.13 bits per heavy atom. The van der Waals surface area contributed by atoms with Crippen LogP contribution in [0.5, 0.6) is 5.75 Å². The van der Waals surface area contributed by atoms with Gasteiger partial charge in [-0.1, -0.05) is 0 Å². The first kappa shape index (κ1) is 15.8. The molecule has 0 bridgehead atoms. The minimum absolute atomic E-state index is 0.0134. The van der Waals surface area contributed by atoms with Crippen molar-refractivity contribution in [3.8, 4) is 18.1 Å². The predicted molar refractivity (Wildman–Crippen MR) is 102 cm³/mol. The molecule has 23 heavy (non-hydrogen) atoms. The van der Waals surface area contributed by atoms with Crippen molar-refractivity contribution >= 4 is 19.8 Å². The van der Waals surface area contributed by atoms with Crippen molar-refractivity contribution in [1.82, 2.24) is 0 Å². The first-order valence-corrected chi connectivity index (χ1v) is 12.5. The summed E-state index contributed by atoms with van der Waals surface area (Å²) in [5.74, 6) is 3.81. The normalized spacial score (nSPS) is 40.5. The average Bonchev–Trinajstić information content (AvgIpc) is 2.70. The second kappa shape index (κ2) is 5.39. The van der Waals surface area contributed by atoms with E-state index in [0.717, 1.165) is 29.6 Å². The number of terminal acetylenes is 1. The van der Waals surface area contributed by atoms with Gasteiger partial charge < -0.3 is 0 Å². The summed E-state index contributed by atoms with van der Waals surface area (Å²) in [5, 5.41) is 20.9. The van der Waals surface area contributed by atoms with E-state index < -0.39 is 25.4 Å². The minimum atomic E-state index is -1.37. The van der Waals surface area contributed by atoms with Crippen molar-refractivity contribution in [2.75, 3.05) is 4.43 Å². The van der Waals surface area contributed by atoms with Crippen LogP contribution in [-0.2, 0) is 6.42 Å². The Bertz CT molecular complexity index is 679. The van der Waals surface area contributed by atoms with Crippen LogP contribution in [0, 0.1) is 12.3 Å². The van der Waals surface area contributed by atoms with E-state index in [1.165, 1.54) is 28.4 Å². The summed E-state index contributed by atoms with van der Waals surface area (Å²) in [4.78, 5) is 0. The van der Waals surface area contributed by atoms with Gasteiger partial charge in [-0.05, 0) is 0 Å². The Balaban J connectivity index is 1.75. The molecule has 4 atom stereocenters. The van der Waals surface area contributed by atoms with Crippen molar-refractivity contribution in [3.63, 3.8) is 0 Å². The van der Waals surface area contributed by atoms with Crippen LogP contribution in [0.1, 0.15) is 56.1 Å². The van der Waals surface area contributed by atoms with Crippen LogP contribution in [0.3, 0.4) is 0 Å². The molecule has 1 aliphatic carbocycles. The number of phenolic OH excluding ortho intramolecular Hbond substituents is 1. The summed E-state index contributed by atoms with van der Waals surface area (Å²) in [5.41, 5.74) is 1.95. The van der Waals surface area contributed by atoms with Gasteiger partial charge in [0.2, 0.25) is 0 Å². The van der Waals surface area contributed by atoms with Crippen molar-refractivity contribution in [1.29, 1.82) is 0 Å². The van der Waals surface area contributed by atoms with Gasteiger partial charge in [0.05, 0.1) is 0 Å². The fourth-order valence-electron chi connectivity index (χ4n) is 5.07. The zero-order valence-corrected chi connectivity index (χ0v) is 15.8. The monoisotopic (exact) mass is 424 g/mol. The molecule has 2 N–H and O–H groups in total. The number of rotatable bonds is 0. The van der Waals surface area contributed by atoms with Crippen molar-refractivity contribution in [3.05, 3.63) is 29.3 Å². The Morgan fingerprint density at radius 1 is 1.30 bits per heavy atom. The standard InChI is InChI=1S/C20H25IO2/c1-3-20(23)11-12-21-18-9-6-14-13-15(22)7-8-16(14)17(18)5-4-10-19(20,21)2/h1,7-8,13,17-18,22-23H,4-6,9-12H2,2H3/t17?,18-,19-,20+/m1/s1. The van der Waals surface area contributed by atoms with Gasteiger partial charge in [-0.3, -0.25) is 0 Å². The maximum atomic E-state index is 11.1. The molecule has 3 heteroatoms. The molecule has 2 nitrogen and oxygen atoms in total. The fourth-order valence-corrected chi connectivity index (χ4v) is 15.7. The average molecular weight is 424 g/mol. The number of fused-ring (bicyclic) bond motifs is 5. The summed E-state index contributed by atoms with van der Waals surface area (Å²) in [6.45, 7) is 2.30. The number of alkyl halides is 3. The second-order valence-corrected chi connectivity index (χ2v) is 14.8. The number of aliphatic hydroxyl groups is 1. The number of hydrogen-bond donors (Lipinski definition) is 2. The molecule has 0 amide bonds. The molecule has 2 heterocycles. The van der Waals surface area contributed by atoms with E-state index in [-0.39, 0.29) is 3.42 Å². The van der Waals surface area contributed by atoms with Crippen LogP contribution in [0.15, 0.2) is 18.2 Å². The number of phenols is 1. The van der Waals surface area contributed by atoms with Crippen LogP contribution in [0.2, 0.25) is 0 Å². The SMILES string of the molecule is C#C[C@]1(O)CCI2[C@@H]3CCc4cc(O)ccc4C3CCC[C@@]21C. The zero-order valence-electron chi connectivity index (χ0n) is 13.7. The summed E-state index contributed by atoms with van der Waals surface area (Å²) in [6.07, 6.45) is 12.4. The van der Waals surface area contributed by atoms with Crippen molar-refractivity contribution in [2.45, 2.75) is 64.3 Å². The van der Waals surface area contributed by atoms with E-state index in [9.17, 15) is 10.2 Å². The molecule has 1 aromatic rings. The van der Waals surface area contributed by atoms with Gasteiger partial charge >= 0.3 is 146 Å². The van der Waals surface area contributed by atoms with Gasteiger partial charge in [0.1, 0.15) is 0 Å². The predicted octanol–water partition coefficient (Wildman–Crippen LogP) is 4.01. The Hall–Kier alpha value is -0.730. The molecule has 0 spiro atoms. The molecule has 2 aliphatic heterocycles. The molecule has 3 aliphatic rings. The van der Waals surface area contributed by atoms with Gasteiger partial charge in [-0.2, -0.15) is 0 Å². The molecule has 0 radical (unpaired) electrons. The molecular weight excluding hydrogens is 399 g/mol. The molecular formula is C20H25IO2. The first-order valence-electron chi connectivity index (χ1n) is 8.65. The molecule has 124 valence electrons. The number of hydrogen-bond acceptors (Lipinski definition) is 2. The molecule has 2 saturated heterocycles. The maximum absolute atomic E-state index is 11.1. The number of halogens is 1. The number of aromatic hydroxyl groups is 1. The number of aryl methyl sites for hydroxylation is 1. The molecule has 1 aromatic carbocycles. The second-order valence-electron chi connectivity index (χ2n) is 7.47. The van der Waals surface area contributed by atoms with Crippen molar-refractivity contribution in [2.24, 2.45) is 0 Å². The zero-order chi connectivity index (χ0) is 16.2.